The van der Waals surface area contributed by atoms with Crippen molar-refractivity contribution in [3.8, 4) is 0 Å². The summed E-state index contributed by atoms with van der Waals surface area (Å²) in [6.07, 6.45) is 1.41. The zero-order valence-electron chi connectivity index (χ0n) is 9.51. The number of hydrogen-bond donors (Lipinski definition) is 2. The van der Waals surface area contributed by atoms with E-state index in [9.17, 15) is 8.78 Å². The van der Waals surface area contributed by atoms with Gasteiger partial charge in [-0.1, -0.05) is 6.07 Å². The number of nitrogens with one attached hydrogen (secondary N) is 1. The summed E-state index contributed by atoms with van der Waals surface area (Å²) >= 11 is 3.17. The topological polar surface area (TPSA) is 51.2 Å². The van der Waals surface area contributed by atoms with Crippen LogP contribution in [-0.2, 0) is 0 Å². The number of rotatable bonds is 3. The van der Waals surface area contributed by atoms with Gasteiger partial charge in [-0.25, -0.2) is 14.2 Å². The van der Waals surface area contributed by atoms with Gasteiger partial charge in [0.2, 0.25) is 0 Å². The molecule has 1 aromatic carbocycles. The first-order valence-electron chi connectivity index (χ1n) is 5.19. The first-order chi connectivity index (χ1) is 8.56. The Balaban J connectivity index is 2.59. The molecule has 0 saturated heterocycles. The summed E-state index contributed by atoms with van der Waals surface area (Å²) in [7, 11) is 0. The highest BCUT2D eigenvalue weighted by Gasteiger charge is 2.25. The molecular formula is C12H11BrF2N2O. The van der Waals surface area contributed by atoms with Crippen LogP contribution in [0.3, 0.4) is 0 Å². The van der Waals surface area contributed by atoms with Crippen molar-refractivity contribution >= 4 is 15.9 Å². The molecule has 0 aliphatic carbocycles. The smallest absolute Gasteiger partial charge is 0.174 e. The van der Waals surface area contributed by atoms with E-state index in [0.717, 1.165) is 0 Å². The largest absolute Gasteiger partial charge is 0.457 e. The Morgan fingerprint density at radius 3 is 2.61 bits per heavy atom. The Kier molecular flexibility index (Phi) is 3.79. The Hall–Kier alpha value is -1.24. The average molecular weight is 317 g/mol. The van der Waals surface area contributed by atoms with Crippen molar-refractivity contribution in [1.29, 1.82) is 0 Å². The highest BCUT2D eigenvalue weighted by Crippen LogP contribution is 2.32. The summed E-state index contributed by atoms with van der Waals surface area (Å²) in [5.74, 6) is 4.13. The van der Waals surface area contributed by atoms with Crippen LogP contribution in [0.25, 0.3) is 0 Å². The van der Waals surface area contributed by atoms with Crippen LogP contribution in [0.5, 0.6) is 0 Å². The van der Waals surface area contributed by atoms with Crippen LogP contribution in [0.4, 0.5) is 8.78 Å². The van der Waals surface area contributed by atoms with Crippen LogP contribution in [0.2, 0.25) is 0 Å². The Labute approximate surface area is 111 Å². The van der Waals surface area contributed by atoms with Gasteiger partial charge >= 0.3 is 0 Å². The van der Waals surface area contributed by atoms with Crippen LogP contribution in [0, 0.1) is 18.6 Å². The maximum atomic E-state index is 14.0. The summed E-state index contributed by atoms with van der Waals surface area (Å²) in [4.78, 5) is 0. The molecule has 96 valence electrons. The SMILES string of the molecule is Cc1ccc(F)c(C(NN)c2ccoc2Br)c1F. The van der Waals surface area contributed by atoms with Crippen LogP contribution < -0.4 is 11.3 Å². The van der Waals surface area contributed by atoms with Crippen LogP contribution in [-0.4, -0.2) is 0 Å². The molecule has 1 aromatic heterocycles. The summed E-state index contributed by atoms with van der Waals surface area (Å²) in [6.45, 7) is 1.57. The van der Waals surface area contributed by atoms with Crippen LogP contribution in [0.1, 0.15) is 22.7 Å². The molecule has 1 atom stereocenters. The van der Waals surface area contributed by atoms with Gasteiger partial charge in [0.05, 0.1) is 12.3 Å². The number of hydrogen-bond acceptors (Lipinski definition) is 3. The number of hydrazine groups is 1. The fourth-order valence-corrected chi connectivity index (χ4v) is 2.25. The first kappa shape index (κ1) is 13.2. The fourth-order valence-electron chi connectivity index (χ4n) is 1.78. The average Bonchev–Trinajstić information content (AvgIpc) is 2.76. The van der Waals surface area contributed by atoms with E-state index < -0.39 is 17.7 Å². The van der Waals surface area contributed by atoms with Crippen molar-refractivity contribution in [3.05, 3.63) is 57.5 Å². The van der Waals surface area contributed by atoms with Crippen molar-refractivity contribution < 1.29 is 13.2 Å². The van der Waals surface area contributed by atoms with Crippen molar-refractivity contribution in [2.45, 2.75) is 13.0 Å². The van der Waals surface area contributed by atoms with Crippen LogP contribution >= 0.6 is 15.9 Å². The van der Waals surface area contributed by atoms with Crippen LogP contribution in [0.15, 0.2) is 33.5 Å². The molecule has 0 fully saturated rings. The molecule has 0 spiro atoms. The quantitative estimate of drug-likeness (QED) is 0.675. The fraction of sp³-hybridized carbons (Fsp3) is 0.167. The molecule has 1 unspecified atom stereocenters. The minimum absolute atomic E-state index is 0.125. The lowest BCUT2D eigenvalue weighted by molar-refractivity contribution is 0.493. The van der Waals surface area contributed by atoms with E-state index in [2.05, 4.69) is 21.4 Å². The second-order valence-corrected chi connectivity index (χ2v) is 4.56. The van der Waals surface area contributed by atoms with E-state index in [1.807, 2.05) is 0 Å². The lowest BCUT2D eigenvalue weighted by atomic mass is 9.98. The third-order valence-electron chi connectivity index (χ3n) is 2.73. The molecule has 0 saturated carbocycles. The van der Waals surface area contributed by atoms with E-state index in [1.165, 1.54) is 18.4 Å². The molecule has 0 aliphatic heterocycles. The van der Waals surface area contributed by atoms with E-state index in [1.54, 1.807) is 13.0 Å². The molecule has 0 aliphatic rings. The number of furan rings is 1. The molecule has 2 aromatic rings. The van der Waals surface area contributed by atoms with Gasteiger partial charge < -0.3 is 4.42 Å². The molecule has 2 rings (SSSR count). The van der Waals surface area contributed by atoms with E-state index in [0.29, 0.717) is 15.8 Å². The number of aryl methyl sites for hydroxylation is 1. The third-order valence-corrected chi connectivity index (χ3v) is 3.38. The van der Waals surface area contributed by atoms with Crippen molar-refractivity contribution in [1.82, 2.24) is 5.43 Å². The minimum Gasteiger partial charge on any atom is -0.457 e. The predicted octanol–water partition coefficient (Wildman–Crippen LogP) is 3.18. The Morgan fingerprint density at radius 1 is 1.33 bits per heavy atom. The zero-order chi connectivity index (χ0) is 13.3. The standard InChI is InChI=1S/C12H11BrF2N2O/c1-6-2-3-8(14)9(10(6)15)11(17-16)7-4-5-18-12(7)13/h2-5,11,17H,16H2,1H3. The van der Waals surface area contributed by atoms with Gasteiger partial charge in [0.25, 0.3) is 0 Å². The van der Waals surface area contributed by atoms with Gasteiger partial charge in [0.15, 0.2) is 4.67 Å². The maximum absolute atomic E-state index is 14.0. The highest BCUT2D eigenvalue weighted by atomic mass is 79.9. The molecule has 18 heavy (non-hydrogen) atoms. The molecule has 1 heterocycles. The van der Waals surface area contributed by atoms with Gasteiger partial charge in [-0.05, 0) is 40.5 Å². The van der Waals surface area contributed by atoms with E-state index in [4.69, 9.17) is 10.3 Å². The van der Waals surface area contributed by atoms with Gasteiger partial charge in [-0.3, -0.25) is 5.84 Å². The van der Waals surface area contributed by atoms with Gasteiger partial charge in [0, 0.05) is 11.1 Å². The molecule has 3 N–H and O–H groups in total. The number of benzene rings is 1. The monoisotopic (exact) mass is 316 g/mol. The van der Waals surface area contributed by atoms with Gasteiger partial charge in [0.1, 0.15) is 11.6 Å². The van der Waals surface area contributed by atoms with Crippen molar-refractivity contribution in [2.24, 2.45) is 5.84 Å². The molecule has 6 heteroatoms. The molecule has 0 radical (unpaired) electrons. The minimum atomic E-state index is -0.821. The second-order valence-electron chi connectivity index (χ2n) is 3.84. The van der Waals surface area contributed by atoms with Gasteiger partial charge in [-0.15, -0.1) is 0 Å². The molecule has 0 bridgehead atoms. The lowest BCUT2D eigenvalue weighted by Gasteiger charge is -2.17. The molecule has 3 nitrogen and oxygen atoms in total. The summed E-state index contributed by atoms with van der Waals surface area (Å²) in [6, 6.07) is 3.37. The normalized spacial score (nSPS) is 12.7. The Morgan fingerprint density at radius 2 is 2.06 bits per heavy atom. The van der Waals surface area contributed by atoms with Crippen molar-refractivity contribution in [2.75, 3.05) is 0 Å². The molecular weight excluding hydrogens is 306 g/mol. The molecule has 0 amide bonds. The summed E-state index contributed by atoms with van der Waals surface area (Å²) < 4.78 is 33.3. The van der Waals surface area contributed by atoms with Gasteiger partial charge in [-0.2, -0.15) is 0 Å². The number of halogens is 3. The first-order valence-corrected chi connectivity index (χ1v) is 5.99. The maximum Gasteiger partial charge on any atom is 0.174 e. The third kappa shape index (κ3) is 2.19. The summed E-state index contributed by atoms with van der Waals surface area (Å²) in [5.41, 5.74) is 3.16. The van der Waals surface area contributed by atoms with E-state index >= 15 is 0 Å². The number of nitrogens with two attached hydrogens (primary N) is 1. The van der Waals surface area contributed by atoms with E-state index in [-0.39, 0.29) is 5.56 Å². The van der Waals surface area contributed by atoms with Crippen molar-refractivity contribution in [3.63, 3.8) is 0 Å². The second kappa shape index (κ2) is 5.17. The highest BCUT2D eigenvalue weighted by molar-refractivity contribution is 9.10. The summed E-state index contributed by atoms with van der Waals surface area (Å²) in [5, 5.41) is 0. The predicted molar refractivity (Wildman–Crippen MR) is 66.7 cm³/mol. The zero-order valence-corrected chi connectivity index (χ0v) is 11.1. The lowest BCUT2D eigenvalue weighted by Crippen LogP contribution is -2.30. The Bertz CT molecular complexity index is 571.